The van der Waals surface area contributed by atoms with Crippen molar-refractivity contribution in [1.29, 1.82) is 0 Å². The minimum atomic E-state index is -0.410. The molecule has 0 aliphatic rings. The lowest BCUT2D eigenvalue weighted by molar-refractivity contribution is -0.121. The fraction of sp³-hybridized carbons (Fsp3) is 0.250. The van der Waals surface area contributed by atoms with E-state index in [1.54, 1.807) is 18.3 Å². The van der Waals surface area contributed by atoms with E-state index < -0.39 is 5.97 Å². The van der Waals surface area contributed by atoms with E-state index in [9.17, 15) is 9.59 Å². The number of anilines is 1. The number of aromatic nitrogens is 2. The molecule has 0 saturated carbocycles. The highest BCUT2D eigenvalue weighted by Crippen LogP contribution is 2.28. The van der Waals surface area contributed by atoms with Crippen LogP contribution < -0.4 is 16.0 Å². The molecule has 0 aliphatic heterocycles. The third kappa shape index (κ3) is 7.09. The van der Waals surface area contributed by atoms with Crippen molar-refractivity contribution in [1.82, 2.24) is 20.8 Å². The Morgan fingerprint density at radius 1 is 1.03 bits per heavy atom. The monoisotopic (exact) mass is 519 g/mol. The number of halogens is 1. The Labute approximate surface area is 220 Å². The Balaban J connectivity index is 1.14. The van der Waals surface area contributed by atoms with Crippen molar-refractivity contribution >= 4 is 40.1 Å². The Kier molecular flexibility index (Phi) is 9.13. The Morgan fingerprint density at radius 3 is 2.65 bits per heavy atom. The molecule has 0 fully saturated rings. The molecule has 4 N–H and O–H groups in total. The summed E-state index contributed by atoms with van der Waals surface area (Å²) < 4.78 is 4.82. The van der Waals surface area contributed by atoms with Gasteiger partial charge in [-0.1, -0.05) is 54.1 Å². The van der Waals surface area contributed by atoms with Crippen molar-refractivity contribution < 1.29 is 14.3 Å². The topological polar surface area (TPSA) is 108 Å². The summed E-state index contributed by atoms with van der Waals surface area (Å²) in [5.41, 5.74) is 5.14. The number of methoxy groups -OCH3 is 1. The molecule has 4 rings (SSSR count). The van der Waals surface area contributed by atoms with Crippen molar-refractivity contribution in [3.05, 3.63) is 83.0 Å². The zero-order valence-corrected chi connectivity index (χ0v) is 21.4. The summed E-state index contributed by atoms with van der Waals surface area (Å²) in [6, 6.07) is 19.5. The summed E-state index contributed by atoms with van der Waals surface area (Å²) in [6.45, 7) is 2.39. The minimum absolute atomic E-state index is 0.00475. The molecule has 1 heterocycles. The molecule has 8 nitrogen and oxygen atoms in total. The summed E-state index contributed by atoms with van der Waals surface area (Å²) in [5, 5.41) is 18.1. The highest BCUT2D eigenvalue weighted by molar-refractivity contribution is 6.33. The number of hydrogen-bond acceptors (Lipinski definition) is 6. The number of esters is 1. The number of carbonyl (C=O) groups excluding carboxylic acids is 2. The van der Waals surface area contributed by atoms with Crippen molar-refractivity contribution in [3.8, 4) is 11.1 Å². The van der Waals surface area contributed by atoms with Crippen LogP contribution in [0, 0.1) is 0 Å². The van der Waals surface area contributed by atoms with E-state index >= 15 is 0 Å². The predicted octanol–water partition coefficient (Wildman–Crippen LogP) is 4.77. The third-order valence-corrected chi connectivity index (χ3v) is 6.26. The van der Waals surface area contributed by atoms with Crippen LogP contribution in [-0.2, 0) is 16.1 Å². The number of benzene rings is 3. The molecule has 1 aromatic heterocycles. The predicted molar refractivity (Wildman–Crippen MR) is 147 cm³/mol. The van der Waals surface area contributed by atoms with Crippen molar-refractivity contribution in [2.45, 2.75) is 19.4 Å². The number of nitrogens with zero attached hydrogens (tertiary/aromatic N) is 1. The van der Waals surface area contributed by atoms with Gasteiger partial charge >= 0.3 is 5.97 Å². The standard InChI is InChI=1S/C28H30ClN5O3/c1-37-28(36)21-15-25(23-18-33-34-26(23)16-21)31-11-5-12-32-27(35)10-13-30-17-19-8-9-22(24(29)14-19)20-6-3-2-4-7-20/h2-4,6-9,14-16,18,30-31H,5,10-13,17H2,1H3,(H,32,35)(H,33,34). The minimum Gasteiger partial charge on any atom is -0.465 e. The van der Waals surface area contributed by atoms with Crippen LogP contribution >= 0.6 is 11.6 Å². The zero-order valence-electron chi connectivity index (χ0n) is 20.6. The first kappa shape index (κ1) is 26.2. The van der Waals surface area contributed by atoms with Gasteiger partial charge in [0.1, 0.15) is 0 Å². The van der Waals surface area contributed by atoms with Crippen LogP contribution in [0.25, 0.3) is 22.0 Å². The molecule has 0 aliphatic carbocycles. The lowest BCUT2D eigenvalue weighted by Crippen LogP contribution is -2.29. The number of ether oxygens (including phenoxy) is 1. The fourth-order valence-electron chi connectivity index (χ4n) is 4.02. The molecule has 0 saturated heterocycles. The van der Waals surface area contributed by atoms with Crippen LogP contribution in [0.1, 0.15) is 28.8 Å². The van der Waals surface area contributed by atoms with Gasteiger partial charge in [-0.2, -0.15) is 5.10 Å². The molecule has 1 amide bonds. The molecule has 0 unspecified atom stereocenters. The van der Waals surface area contributed by atoms with Gasteiger partial charge in [-0.25, -0.2) is 4.79 Å². The summed E-state index contributed by atoms with van der Waals surface area (Å²) in [7, 11) is 1.35. The largest absolute Gasteiger partial charge is 0.465 e. The van der Waals surface area contributed by atoms with Gasteiger partial charge in [0.05, 0.1) is 24.4 Å². The Morgan fingerprint density at radius 2 is 1.86 bits per heavy atom. The summed E-state index contributed by atoms with van der Waals surface area (Å²) in [5.74, 6) is -0.414. The quantitative estimate of drug-likeness (QED) is 0.159. The lowest BCUT2D eigenvalue weighted by Gasteiger charge is -2.11. The molecular formula is C28H30ClN5O3. The van der Waals surface area contributed by atoms with Gasteiger partial charge in [0, 0.05) is 54.3 Å². The van der Waals surface area contributed by atoms with E-state index in [1.165, 1.54) is 7.11 Å². The normalized spacial score (nSPS) is 10.9. The van der Waals surface area contributed by atoms with Crippen LogP contribution in [0.3, 0.4) is 0 Å². The van der Waals surface area contributed by atoms with Crippen LogP contribution in [-0.4, -0.2) is 48.8 Å². The van der Waals surface area contributed by atoms with Gasteiger partial charge in [-0.15, -0.1) is 0 Å². The lowest BCUT2D eigenvalue weighted by atomic mass is 10.0. The van der Waals surface area contributed by atoms with Gasteiger partial charge in [0.25, 0.3) is 0 Å². The number of rotatable bonds is 12. The molecule has 0 radical (unpaired) electrons. The zero-order chi connectivity index (χ0) is 26.0. The van der Waals surface area contributed by atoms with Gasteiger partial charge in [-0.05, 0) is 35.7 Å². The van der Waals surface area contributed by atoms with E-state index in [1.807, 2.05) is 48.5 Å². The highest BCUT2D eigenvalue weighted by atomic mass is 35.5. The van der Waals surface area contributed by atoms with Crippen LogP contribution in [0.4, 0.5) is 5.69 Å². The highest BCUT2D eigenvalue weighted by Gasteiger charge is 2.12. The molecule has 0 atom stereocenters. The summed E-state index contributed by atoms with van der Waals surface area (Å²) in [6.07, 6.45) is 2.83. The number of fused-ring (bicyclic) bond motifs is 1. The van der Waals surface area contributed by atoms with Crippen molar-refractivity contribution in [3.63, 3.8) is 0 Å². The molecule has 37 heavy (non-hydrogen) atoms. The number of nitrogens with one attached hydrogen (secondary N) is 4. The molecule has 0 spiro atoms. The van der Waals surface area contributed by atoms with Gasteiger partial charge in [0.15, 0.2) is 0 Å². The smallest absolute Gasteiger partial charge is 0.337 e. The van der Waals surface area contributed by atoms with Crippen LogP contribution in [0.15, 0.2) is 66.9 Å². The average Bonchev–Trinajstić information content (AvgIpc) is 3.40. The summed E-state index contributed by atoms with van der Waals surface area (Å²) >= 11 is 6.48. The molecule has 9 heteroatoms. The number of hydrogen-bond donors (Lipinski definition) is 4. The summed E-state index contributed by atoms with van der Waals surface area (Å²) in [4.78, 5) is 24.1. The van der Waals surface area contributed by atoms with Crippen molar-refractivity contribution in [2.24, 2.45) is 0 Å². The number of carbonyl (C=O) groups is 2. The van der Waals surface area contributed by atoms with E-state index in [0.29, 0.717) is 43.2 Å². The van der Waals surface area contributed by atoms with E-state index in [0.717, 1.165) is 39.7 Å². The van der Waals surface area contributed by atoms with Crippen LogP contribution in [0.5, 0.6) is 0 Å². The Hall–Kier alpha value is -3.88. The van der Waals surface area contributed by atoms with E-state index in [2.05, 4.69) is 26.1 Å². The number of aromatic amines is 1. The maximum absolute atomic E-state index is 12.2. The first-order valence-electron chi connectivity index (χ1n) is 12.2. The number of amides is 1. The maximum Gasteiger partial charge on any atom is 0.337 e. The second-order valence-electron chi connectivity index (χ2n) is 8.58. The fourth-order valence-corrected chi connectivity index (χ4v) is 4.33. The molecule has 0 bridgehead atoms. The van der Waals surface area contributed by atoms with Crippen molar-refractivity contribution in [2.75, 3.05) is 32.1 Å². The first-order chi connectivity index (χ1) is 18.0. The van der Waals surface area contributed by atoms with Gasteiger partial charge < -0.3 is 20.7 Å². The van der Waals surface area contributed by atoms with Gasteiger partial charge in [-0.3, -0.25) is 9.89 Å². The van der Waals surface area contributed by atoms with E-state index in [4.69, 9.17) is 16.3 Å². The average molecular weight is 520 g/mol. The number of H-pyrrole nitrogens is 1. The molecule has 4 aromatic rings. The molecule has 3 aromatic carbocycles. The second kappa shape index (κ2) is 12.9. The second-order valence-corrected chi connectivity index (χ2v) is 8.99. The maximum atomic E-state index is 12.2. The molecular weight excluding hydrogens is 490 g/mol. The SMILES string of the molecule is COC(=O)c1cc(NCCCNC(=O)CCNCc2ccc(-c3ccccc3)c(Cl)c2)c2cn[nH]c2c1. The third-order valence-electron chi connectivity index (χ3n) is 5.95. The van der Waals surface area contributed by atoms with Crippen LogP contribution in [0.2, 0.25) is 5.02 Å². The van der Waals surface area contributed by atoms with E-state index in [-0.39, 0.29) is 5.91 Å². The molecule has 192 valence electrons. The van der Waals surface area contributed by atoms with Gasteiger partial charge in [0.2, 0.25) is 5.91 Å². The Bertz CT molecular complexity index is 1360. The first-order valence-corrected chi connectivity index (χ1v) is 12.5.